The van der Waals surface area contributed by atoms with Crippen molar-refractivity contribution in [1.29, 1.82) is 0 Å². The van der Waals surface area contributed by atoms with Crippen molar-refractivity contribution in [3.8, 4) is 0 Å². The fourth-order valence-corrected chi connectivity index (χ4v) is 3.58. The van der Waals surface area contributed by atoms with Crippen molar-refractivity contribution in [2.45, 2.75) is 11.9 Å². The molecule has 0 fully saturated rings. The minimum atomic E-state index is -0.495. The van der Waals surface area contributed by atoms with E-state index < -0.39 is 11.2 Å². The van der Waals surface area contributed by atoms with E-state index in [1.807, 2.05) is 0 Å². The molecule has 3 rings (SSSR count). The zero-order chi connectivity index (χ0) is 19.7. The number of nitrogens with one attached hydrogen (secondary N) is 1. The average Bonchev–Trinajstić information content (AvgIpc) is 2.62. The van der Waals surface area contributed by atoms with Crippen molar-refractivity contribution >= 4 is 46.0 Å². The molecule has 27 heavy (non-hydrogen) atoms. The molecule has 1 aromatic carbocycles. The topological polar surface area (TPSA) is 98.9 Å². The highest BCUT2D eigenvalue weighted by Gasteiger charge is 2.17. The Labute approximate surface area is 163 Å². The second kappa shape index (κ2) is 7.53. The molecular formula is C17H16ClN5O3S. The number of halogens is 1. The normalized spacial score (nSPS) is 11.0. The minimum absolute atomic E-state index is 0.0318. The fraction of sp³-hybridized carbons (Fsp3) is 0.235. The van der Waals surface area contributed by atoms with Crippen LogP contribution in [0.15, 0.2) is 38.9 Å². The second-order valence-electron chi connectivity index (χ2n) is 5.83. The molecule has 10 heteroatoms. The molecule has 0 aliphatic carbocycles. The summed E-state index contributed by atoms with van der Waals surface area (Å²) in [5.41, 5.74) is -0.144. The van der Waals surface area contributed by atoms with E-state index in [1.165, 1.54) is 18.7 Å². The van der Waals surface area contributed by atoms with E-state index in [2.05, 4.69) is 15.3 Å². The minimum Gasteiger partial charge on any atom is -0.325 e. The van der Waals surface area contributed by atoms with Crippen LogP contribution in [-0.2, 0) is 18.9 Å². The van der Waals surface area contributed by atoms with Crippen molar-refractivity contribution in [2.75, 3.05) is 11.1 Å². The van der Waals surface area contributed by atoms with Crippen LogP contribution in [-0.4, -0.2) is 30.8 Å². The molecule has 0 atom stereocenters. The standard InChI is InChI=1S/C17H16ClN5O3S/c1-9-19-14-13(16(25)23(3)17(26)22(14)2)15(20-9)27-8-12(24)21-11-6-4-5-10(18)7-11/h4-7H,8H2,1-3H3,(H,21,24). The molecule has 0 saturated heterocycles. The number of hydrogen-bond donors (Lipinski definition) is 1. The number of nitrogens with zero attached hydrogens (tertiary/aromatic N) is 4. The van der Waals surface area contributed by atoms with E-state index in [9.17, 15) is 14.4 Å². The predicted molar refractivity (Wildman–Crippen MR) is 106 cm³/mol. The van der Waals surface area contributed by atoms with E-state index in [-0.39, 0.29) is 22.7 Å². The van der Waals surface area contributed by atoms with Gasteiger partial charge in [-0.05, 0) is 25.1 Å². The summed E-state index contributed by atoms with van der Waals surface area (Å²) in [6.07, 6.45) is 0. The lowest BCUT2D eigenvalue weighted by molar-refractivity contribution is -0.113. The van der Waals surface area contributed by atoms with Gasteiger partial charge in [-0.3, -0.25) is 18.7 Å². The number of carbonyl (C=O) groups is 1. The highest BCUT2D eigenvalue weighted by Crippen LogP contribution is 2.22. The third kappa shape index (κ3) is 3.88. The molecule has 0 bridgehead atoms. The van der Waals surface area contributed by atoms with Gasteiger partial charge in [0.25, 0.3) is 5.56 Å². The number of aromatic nitrogens is 4. The highest BCUT2D eigenvalue weighted by molar-refractivity contribution is 8.00. The quantitative estimate of drug-likeness (QED) is 0.524. The molecule has 0 aliphatic rings. The van der Waals surface area contributed by atoms with E-state index in [4.69, 9.17) is 11.6 Å². The largest absolute Gasteiger partial charge is 0.332 e. The molecule has 0 radical (unpaired) electrons. The van der Waals surface area contributed by atoms with Crippen LogP contribution in [0.1, 0.15) is 5.82 Å². The maximum absolute atomic E-state index is 12.5. The number of fused-ring (bicyclic) bond motifs is 1. The van der Waals surface area contributed by atoms with Gasteiger partial charge >= 0.3 is 5.69 Å². The first kappa shape index (κ1) is 19.1. The highest BCUT2D eigenvalue weighted by atomic mass is 35.5. The number of anilines is 1. The lowest BCUT2D eigenvalue weighted by Crippen LogP contribution is -2.37. The van der Waals surface area contributed by atoms with Crippen molar-refractivity contribution in [3.05, 3.63) is 56.0 Å². The Morgan fingerprint density at radius 3 is 2.67 bits per heavy atom. The third-order valence-corrected chi connectivity index (χ3v) is 5.04. The van der Waals surface area contributed by atoms with E-state index in [0.717, 1.165) is 16.3 Å². The van der Waals surface area contributed by atoms with Gasteiger partial charge in [-0.2, -0.15) is 0 Å². The first-order valence-electron chi connectivity index (χ1n) is 7.90. The monoisotopic (exact) mass is 405 g/mol. The van der Waals surface area contributed by atoms with Crippen LogP contribution in [0.2, 0.25) is 5.02 Å². The number of rotatable bonds is 4. The van der Waals surface area contributed by atoms with Crippen molar-refractivity contribution < 1.29 is 4.79 Å². The van der Waals surface area contributed by atoms with Crippen molar-refractivity contribution in [1.82, 2.24) is 19.1 Å². The summed E-state index contributed by atoms with van der Waals surface area (Å²) >= 11 is 7.01. The number of benzene rings is 1. The SMILES string of the molecule is Cc1nc(SCC(=O)Nc2cccc(Cl)c2)c2c(=O)n(C)c(=O)n(C)c2n1. The van der Waals surface area contributed by atoms with Crippen LogP contribution >= 0.6 is 23.4 Å². The van der Waals surface area contributed by atoms with Crippen LogP contribution in [0.5, 0.6) is 0 Å². The molecule has 2 aromatic heterocycles. The van der Waals surface area contributed by atoms with Crippen LogP contribution < -0.4 is 16.6 Å². The maximum atomic E-state index is 12.5. The number of thioether (sulfide) groups is 1. The van der Waals surface area contributed by atoms with Gasteiger partial charge in [0.1, 0.15) is 16.2 Å². The van der Waals surface area contributed by atoms with Crippen molar-refractivity contribution in [3.63, 3.8) is 0 Å². The molecule has 0 aliphatic heterocycles. The summed E-state index contributed by atoms with van der Waals surface area (Å²) in [7, 11) is 2.93. The zero-order valence-corrected chi connectivity index (χ0v) is 16.4. The second-order valence-corrected chi connectivity index (χ2v) is 7.23. The Morgan fingerprint density at radius 1 is 1.22 bits per heavy atom. The molecule has 0 spiro atoms. The van der Waals surface area contributed by atoms with Crippen molar-refractivity contribution in [2.24, 2.45) is 14.1 Å². The number of aryl methyl sites for hydroxylation is 2. The van der Waals surface area contributed by atoms with Gasteiger partial charge in [-0.15, -0.1) is 0 Å². The molecular weight excluding hydrogens is 390 g/mol. The summed E-state index contributed by atoms with van der Waals surface area (Å²) in [5.74, 6) is 0.168. The van der Waals surface area contributed by atoms with Crippen LogP contribution in [0.3, 0.4) is 0 Å². The van der Waals surface area contributed by atoms with Gasteiger partial charge in [0.2, 0.25) is 5.91 Å². The Morgan fingerprint density at radius 2 is 1.96 bits per heavy atom. The molecule has 3 aromatic rings. The summed E-state index contributed by atoms with van der Waals surface area (Å²) in [6.45, 7) is 1.66. The van der Waals surface area contributed by atoms with Gasteiger partial charge in [-0.1, -0.05) is 29.4 Å². The van der Waals surface area contributed by atoms with E-state index >= 15 is 0 Å². The Kier molecular flexibility index (Phi) is 5.33. The number of amides is 1. The van der Waals surface area contributed by atoms with Crippen LogP contribution in [0, 0.1) is 6.92 Å². The van der Waals surface area contributed by atoms with Gasteiger partial charge in [0.05, 0.1) is 5.75 Å². The summed E-state index contributed by atoms with van der Waals surface area (Å²) in [6, 6.07) is 6.81. The summed E-state index contributed by atoms with van der Waals surface area (Å²) < 4.78 is 2.29. The summed E-state index contributed by atoms with van der Waals surface area (Å²) in [4.78, 5) is 45.4. The fourth-order valence-electron chi connectivity index (χ4n) is 2.53. The lowest BCUT2D eigenvalue weighted by Gasteiger charge is -2.10. The van der Waals surface area contributed by atoms with Gasteiger partial charge in [-0.25, -0.2) is 14.8 Å². The Balaban J connectivity index is 1.92. The van der Waals surface area contributed by atoms with Gasteiger partial charge in [0.15, 0.2) is 5.65 Å². The molecule has 8 nitrogen and oxygen atoms in total. The predicted octanol–water partition coefficient (Wildman–Crippen LogP) is 1.72. The zero-order valence-electron chi connectivity index (χ0n) is 14.8. The first-order valence-corrected chi connectivity index (χ1v) is 9.27. The Bertz CT molecular complexity index is 1170. The molecule has 0 saturated carbocycles. The average molecular weight is 406 g/mol. The third-order valence-electron chi connectivity index (χ3n) is 3.83. The lowest BCUT2D eigenvalue weighted by atomic mass is 10.3. The number of carbonyl (C=O) groups excluding carboxylic acids is 1. The first-order chi connectivity index (χ1) is 12.8. The molecule has 1 amide bonds. The molecule has 0 unspecified atom stereocenters. The van der Waals surface area contributed by atoms with Crippen LogP contribution in [0.25, 0.3) is 11.0 Å². The Hall–Kier alpha value is -2.65. The molecule has 140 valence electrons. The smallest absolute Gasteiger partial charge is 0.325 e. The summed E-state index contributed by atoms with van der Waals surface area (Å²) in [5, 5.41) is 3.82. The number of hydrogen-bond acceptors (Lipinski definition) is 6. The van der Waals surface area contributed by atoms with Crippen LogP contribution in [0.4, 0.5) is 5.69 Å². The van der Waals surface area contributed by atoms with Gasteiger partial charge < -0.3 is 5.32 Å². The maximum Gasteiger partial charge on any atom is 0.332 e. The van der Waals surface area contributed by atoms with Gasteiger partial charge in [0, 0.05) is 24.8 Å². The molecule has 2 heterocycles. The van der Waals surface area contributed by atoms with E-state index in [0.29, 0.717) is 21.6 Å². The molecule has 1 N–H and O–H groups in total. The van der Waals surface area contributed by atoms with E-state index in [1.54, 1.807) is 31.2 Å².